The highest BCUT2D eigenvalue weighted by Crippen LogP contribution is 2.72. The first kappa shape index (κ1) is 10.6. The largest absolute Gasteiger partial charge is 0.238 e. The fourth-order valence-electron chi connectivity index (χ4n) is 3.41. The predicted molar refractivity (Wildman–Crippen MR) is 64.2 cm³/mol. The van der Waals surface area contributed by atoms with E-state index in [9.17, 15) is 8.42 Å². The molecule has 4 heteroatoms. The summed E-state index contributed by atoms with van der Waals surface area (Å²) in [5.74, 6) is 0. The van der Waals surface area contributed by atoms with Gasteiger partial charge in [0.2, 0.25) is 9.05 Å². The van der Waals surface area contributed by atoms with Crippen LogP contribution in [0.4, 0.5) is 0 Å². The van der Waals surface area contributed by atoms with E-state index in [-0.39, 0.29) is 5.41 Å². The first-order chi connectivity index (χ1) is 7.39. The van der Waals surface area contributed by atoms with Gasteiger partial charge in [-0.3, -0.25) is 0 Å². The molecule has 0 aliphatic heterocycles. The lowest BCUT2D eigenvalue weighted by Crippen LogP contribution is -2.72. The second kappa shape index (κ2) is 2.82. The fourth-order valence-corrected chi connectivity index (χ4v) is 5.24. The van der Waals surface area contributed by atoms with Gasteiger partial charge in [-0.1, -0.05) is 24.3 Å². The highest BCUT2D eigenvalue weighted by Gasteiger charge is 2.74. The van der Waals surface area contributed by atoms with Gasteiger partial charge in [0, 0.05) is 16.1 Å². The summed E-state index contributed by atoms with van der Waals surface area (Å²) in [7, 11) is 2.09. The number of rotatable bonds is 2. The Kier molecular flexibility index (Phi) is 1.87. The minimum Gasteiger partial charge on any atom is -0.212 e. The van der Waals surface area contributed by atoms with Crippen molar-refractivity contribution in [1.82, 2.24) is 0 Å². The molecular formula is C12H13ClO2S. The summed E-state index contributed by atoms with van der Waals surface area (Å²) in [6, 6.07) is 8.22. The third-order valence-electron chi connectivity index (χ3n) is 4.22. The standard InChI is InChI=1S/C12H13ClO2S/c1-9-4-2-3-5-10(9)11-6-12(7-11,8-11)16(13,14)15/h2-5H,6-8H2,1H3. The summed E-state index contributed by atoms with van der Waals surface area (Å²) in [5.41, 5.74) is 2.66. The molecule has 0 heterocycles. The number of aryl methyl sites for hydroxylation is 1. The van der Waals surface area contributed by atoms with Crippen molar-refractivity contribution >= 4 is 19.7 Å². The SMILES string of the molecule is Cc1ccccc1C12CC(S(=O)(=O)Cl)(C1)C2. The fraction of sp³-hybridized carbons (Fsp3) is 0.500. The molecule has 3 saturated carbocycles. The summed E-state index contributed by atoms with van der Waals surface area (Å²) < 4.78 is 22.2. The molecule has 2 nitrogen and oxygen atoms in total. The number of hydrogen-bond acceptors (Lipinski definition) is 2. The van der Waals surface area contributed by atoms with Crippen molar-refractivity contribution in [2.24, 2.45) is 0 Å². The normalized spacial score (nSPS) is 36.4. The third-order valence-corrected chi connectivity index (χ3v) is 6.66. The molecule has 3 fully saturated rings. The summed E-state index contributed by atoms with van der Waals surface area (Å²) >= 11 is 0. The van der Waals surface area contributed by atoms with Crippen LogP contribution in [0.5, 0.6) is 0 Å². The maximum Gasteiger partial charge on any atom is 0.238 e. The Morgan fingerprint density at radius 1 is 1.19 bits per heavy atom. The van der Waals surface area contributed by atoms with E-state index in [4.69, 9.17) is 10.7 Å². The first-order valence-corrected chi connectivity index (χ1v) is 7.70. The maximum absolute atomic E-state index is 11.4. The molecule has 0 radical (unpaired) electrons. The third kappa shape index (κ3) is 1.11. The summed E-state index contributed by atoms with van der Waals surface area (Å²) in [6.07, 6.45) is 2.12. The molecule has 0 saturated heterocycles. The molecule has 1 aromatic rings. The average molecular weight is 257 g/mol. The maximum atomic E-state index is 11.4. The van der Waals surface area contributed by atoms with E-state index < -0.39 is 13.8 Å². The molecule has 0 amide bonds. The molecule has 1 aromatic carbocycles. The van der Waals surface area contributed by atoms with Gasteiger partial charge in [-0.15, -0.1) is 0 Å². The lowest BCUT2D eigenvalue weighted by atomic mass is 9.41. The topological polar surface area (TPSA) is 34.1 Å². The molecule has 2 bridgehead atoms. The van der Waals surface area contributed by atoms with Gasteiger partial charge in [0.1, 0.15) is 0 Å². The highest BCUT2D eigenvalue weighted by atomic mass is 35.7. The smallest absolute Gasteiger partial charge is 0.212 e. The van der Waals surface area contributed by atoms with Crippen molar-refractivity contribution in [2.45, 2.75) is 36.3 Å². The van der Waals surface area contributed by atoms with Crippen LogP contribution < -0.4 is 0 Å². The minimum atomic E-state index is -3.39. The average Bonchev–Trinajstić information content (AvgIpc) is 2.00. The second-order valence-corrected chi connectivity index (χ2v) is 8.21. The Morgan fingerprint density at radius 2 is 1.75 bits per heavy atom. The first-order valence-electron chi connectivity index (χ1n) is 5.39. The molecule has 3 aliphatic carbocycles. The van der Waals surface area contributed by atoms with Crippen LogP contribution in [0.15, 0.2) is 24.3 Å². The number of halogens is 1. The molecule has 0 spiro atoms. The monoisotopic (exact) mass is 256 g/mol. The van der Waals surface area contributed by atoms with Crippen LogP contribution in [0.2, 0.25) is 0 Å². The van der Waals surface area contributed by atoms with Gasteiger partial charge in [-0.25, -0.2) is 8.42 Å². The summed E-state index contributed by atoms with van der Waals surface area (Å²) in [6.45, 7) is 2.08. The zero-order valence-corrected chi connectivity index (χ0v) is 10.6. The van der Waals surface area contributed by atoms with E-state index in [0.717, 1.165) is 0 Å². The molecule has 0 atom stereocenters. The van der Waals surface area contributed by atoms with Gasteiger partial charge in [-0.05, 0) is 37.3 Å². The molecule has 3 aliphatic rings. The van der Waals surface area contributed by atoms with E-state index in [1.807, 2.05) is 12.1 Å². The summed E-state index contributed by atoms with van der Waals surface area (Å²) in [5, 5.41) is 0. The van der Waals surface area contributed by atoms with Crippen LogP contribution in [-0.2, 0) is 14.5 Å². The van der Waals surface area contributed by atoms with Crippen LogP contribution >= 0.6 is 10.7 Å². The Labute approximate surface area is 100 Å². The van der Waals surface area contributed by atoms with Crippen LogP contribution in [0.25, 0.3) is 0 Å². The second-order valence-electron chi connectivity index (χ2n) is 5.25. The van der Waals surface area contributed by atoms with Crippen molar-refractivity contribution in [1.29, 1.82) is 0 Å². The molecule has 4 rings (SSSR count). The minimum absolute atomic E-state index is 0.104. The Morgan fingerprint density at radius 3 is 2.25 bits per heavy atom. The molecule has 0 unspecified atom stereocenters. The predicted octanol–water partition coefficient (Wildman–Crippen LogP) is 2.74. The van der Waals surface area contributed by atoms with Crippen molar-refractivity contribution in [2.75, 3.05) is 0 Å². The van der Waals surface area contributed by atoms with Crippen LogP contribution in [0.1, 0.15) is 30.4 Å². The number of hydrogen-bond donors (Lipinski definition) is 0. The Bertz CT molecular complexity index is 542. The quantitative estimate of drug-likeness (QED) is 0.763. The van der Waals surface area contributed by atoms with Crippen LogP contribution in [0, 0.1) is 6.92 Å². The van der Waals surface area contributed by atoms with Gasteiger partial charge in [-0.2, -0.15) is 0 Å². The Balaban J connectivity index is 1.93. The van der Waals surface area contributed by atoms with Crippen molar-refractivity contribution in [3.8, 4) is 0 Å². The molecule has 16 heavy (non-hydrogen) atoms. The number of benzene rings is 1. The van der Waals surface area contributed by atoms with Crippen molar-refractivity contribution in [3.63, 3.8) is 0 Å². The van der Waals surface area contributed by atoms with Crippen molar-refractivity contribution in [3.05, 3.63) is 35.4 Å². The molecule has 86 valence electrons. The van der Waals surface area contributed by atoms with Crippen LogP contribution in [0.3, 0.4) is 0 Å². The van der Waals surface area contributed by atoms with Gasteiger partial charge in [0.05, 0.1) is 4.75 Å². The molecule has 0 N–H and O–H groups in total. The zero-order valence-electron chi connectivity index (χ0n) is 9.03. The van der Waals surface area contributed by atoms with Crippen molar-refractivity contribution < 1.29 is 8.42 Å². The van der Waals surface area contributed by atoms with Gasteiger partial charge in [0.15, 0.2) is 0 Å². The van der Waals surface area contributed by atoms with Gasteiger partial charge >= 0.3 is 0 Å². The zero-order chi connectivity index (χ0) is 11.6. The van der Waals surface area contributed by atoms with E-state index in [2.05, 4.69) is 19.1 Å². The van der Waals surface area contributed by atoms with Crippen LogP contribution in [-0.4, -0.2) is 13.2 Å². The van der Waals surface area contributed by atoms with E-state index in [0.29, 0.717) is 19.3 Å². The van der Waals surface area contributed by atoms with E-state index >= 15 is 0 Å². The molecule has 0 aromatic heterocycles. The van der Waals surface area contributed by atoms with Gasteiger partial charge < -0.3 is 0 Å². The lowest BCUT2D eigenvalue weighted by Gasteiger charge is -2.69. The Hall–Kier alpha value is -0.540. The molecular weight excluding hydrogens is 244 g/mol. The van der Waals surface area contributed by atoms with E-state index in [1.165, 1.54) is 11.1 Å². The summed E-state index contributed by atoms with van der Waals surface area (Å²) in [4.78, 5) is 0. The lowest BCUT2D eigenvalue weighted by molar-refractivity contribution is 0.000926. The highest BCUT2D eigenvalue weighted by molar-refractivity contribution is 8.15. The van der Waals surface area contributed by atoms with E-state index in [1.54, 1.807) is 0 Å². The van der Waals surface area contributed by atoms with Gasteiger partial charge in [0.25, 0.3) is 0 Å².